The maximum absolute atomic E-state index is 5.80. The number of hydrogen-bond donors (Lipinski definition) is 1. The van der Waals surface area contributed by atoms with Gasteiger partial charge < -0.3 is 19.9 Å². The summed E-state index contributed by atoms with van der Waals surface area (Å²) in [4.78, 5) is 1.16. The van der Waals surface area contributed by atoms with Crippen molar-refractivity contribution in [1.82, 2.24) is 0 Å². The Morgan fingerprint density at radius 2 is 1.94 bits per heavy atom. The molecule has 17 heavy (non-hydrogen) atoms. The number of nitrogens with two attached hydrogens (primary N) is 1. The highest BCUT2D eigenvalue weighted by Crippen LogP contribution is 2.41. The van der Waals surface area contributed by atoms with Gasteiger partial charge in [0.1, 0.15) is 13.2 Å². The normalized spacial score (nSPS) is 20.8. The summed E-state index contributed by atoms with van der Waals surface area (Å²) in [6.07, 6.45) is 0. The van der Waals surface area contributed by atoms with Crippen LogP contribution in [0, 0.1) is 0 Å². The van der Waals surface area contributed by atoms with Gasteiger partial charge in [0.2, 0.25) is 0 Å². The molecule has 0 spiro atoms. The molecule has 2 aliphatic heterocycles. The molecule has 0 amide bonds. The third kappa shape index (κ3) is 2.10. The zero-order valence-corrected chi connectivity index (χ0v) is 10.3. The van der Waals surface area contributed by atoms with E-state index in [1.807, 2.05) is 18.2 Å². The topological polar surface area (TPSA) is 53.7 Å². The van der Waals surface area contributed by atoms with Crippen LogP contribution in [0.5, 0.6) is 11.5 Å². The Balaban J connectivity index is 1.79. The van der Waals surface area contributed by atoms with Crippen LogP contribution in [0.4, 0.5) is 0 Å². The van der Waals surface area contributed by atoms with Gasteiger partial charge >= 0.3 is 0 Å². The van der Waals surface area contributed by atoms with Crippen molar-refractivity contribution in [3.63, 3.8) is 0 Å². The molecule has 0 atom stereocenters. The predicted octanol–water partition coefficient (Wildman–Crippen LogP) is 1.28. The average molecular weight is 253 g/mol. The summed E-state index contributed by atoms with van der Waals surface area (Å²) in [5, 5.41) is 0. The van der Waals surface area contributed by atoms with Crippen LogP contribution >= 0.6 is 11.8 Å². The van der Waals surface area contributed by atoms with Gasteiger partial charge in [-0.3, -0.25) is 0 Å². The maximum atomic E-state index is 5.80. The molecule has 1 aromatic carbocycles. The second-order valence-electron chi connectivity index (χ2n) is 4.29. The SMILES string of the molecule is NCC1(Sc2ccc3c(c2)OCCO3)COC1. The molecule has 3 rings (SSSR count). The standard InChI is InChI=1S/C12H15NO3S/c13-6-12(7-14-8-12)17-9-1-2-10-11(5-9)16-4-3-15-10/h1-2,5H,3-4,6-8,13H2. The molecule has 1 fully saturated rings. The molecule has 0 aromatic heterocycles. The minimum atomic E-state index is 0.0454. The summed E-state index contributed by atoms with van der Waals surface area (Å²) in [6.45, 7) is 3.32. The van der Waals surface area contributed by atoms with E-state index in [2.05, 4.69) is 0 Å². The number of hydrogen-bond acceptors (Lipinski definition) is 5. The van der Waals surface area contributed by atoms with E-state index < -0.39 is 0 Å². The Morgan fingerprint density at radius 3 is 2.59 bits per heavy atom. The highest BCUT2D eigenvalue weighted by Gasteiger charge is 2.38. The average Bonchev–Trinajstić information content (AvgIpc) is 2.34. The molecule has 0 aliphatic carbocycles. The zero-order chi connectivity index (χ0) is 11.7. The molecule has 2 heterocycles. The number of rotatable bonds is 3. The fraction of sp³-hybridized carbons (Fsp3) is 0.500. The Hall–Kier alpha value is -0.910. The molecule has 5 heteroatoms. The molecule has 0 bridgehead atoms. The van der Waals surface area contributed by atoms with E-state index in [-0.39, 0.29) is 4.75 Å². The summed E-state index contributed by atoms with van der Waals surface area (Å²) < 4.78 is 16.4. The van der Waals surface area contributed by atoms with Crippen molar-refractivity contribution in [3.8, 4) is 11.5 Å². The van der Waals surface area contributed by atoms with Crippen LogP contribution < -0.4 is 15.2 Å². The Kier molecular flexibility index (Phi) is 2.90. The lowest BCUT2D eigenvalue weighted by molar-refractivity contribution is -0.00434. The van der Waals surface area contributed by atoms with Gasteiger partial charge in [0, 0.05) is 11.4 Å². The van der Waals surface area contributed by atoms with E-state index in [0.717, 1.165) is 29.6 Å². The quantitative estimate of drug-likeness (QED) is 0.879. The van der Waals surface area contributed by atoms with Crippen LogP contribution in [-0.4, -0.2) is 37.7 Å². The number of benzene rings is 1. The Morgan fingerprint density at radius 1 is 1.18 bits per heavy atom. The van der Waals surface area contributed by atoms with Crippen LogP contribution in [0.2, 0.25) is 0 Å². The maximum Gasteiger partial charge on any atom is 0.162 e. The largest absolute Gasteiger partial charge is 0.486 e. The molecule has 1 saturated heterocycles. The summed E-state index contributed by atoms with van der Waals surface area (Å²) in [6, 6.07) is 6.03. The summed E-state index contributed by atoms with van der Waals surface area (Å²) in [7, 11) is 0. The smallest absolute Gasteiger partial charge is 0.162 e. The zero-order valence-electron chi connectivity index (χ0n) is 9.48. The molecule has 0 radical (unpaired) electrons. The van der Waals surface area contributed by atoms with E-state index in [9.17, 15) is 0 Å². The summed E-state index contributed by atoms with van der Waals surface area (Å²) >= 11 is 1.77. The summed E-state index contributed by atoms with van der Waals surface area (Å²) in [5.74, 6) is 1.65. The van der Waals surface area contributed by atoms with Gasteiger partial charge in [0.05, 0.1) is 18.0 Å². The fourth-order valence-electron chi connectivity index (χ4n) is 1.89. The van der Waals surface area contributed by atoms with Gasteiger partial charge in [-0.1, -0.05) is 0 Å². The molecule has 1 aromatic rings. The van der Waals surface area contributed by atoms with Crippen LogP contribution in [0.15, 0.2) is 23.1 Å². The van der Waals surface area contributed by atoms with E-state index in [1.165, 1.54) is 0 Å². The number of thioether (sulfide) groups is 1. The lowest BCUT2D eigenvalue weighted by Gasteiger charge is -2.39. The van der Waals surface area contributed by atoms with Gasteiger partial charge in [-0.05, 0) is 18.2 Å². The van der Waals surface area contributed by atoms with Crippen LogP contribution in [0.3, 0.4) is 0 Å². The van der Waals surface area contributed by atoms with Crippen molar-refractivity contribution in [3.05, 3.63) is 18.2 Å². The molecular formula is C12H15NO3S. The van der Waals surface area contributed by atoms with Crippen LogP contribution in [-0.2, 0) is 4.74 Å². The third-order valence-corrected chi connectivity index (χ3v) is 4.28. The van der Waals surface area contributed by atoms with Gasteiger partial charge in [-0.25, -0.2) is 0 Å². The first-order valence-corrected chi connectivity index (χ1v) is 6.49. The first-order chi connectivity index (χ1) is 8.31. The third-order valence-electron chi connectivity index (χ3n) is 2.95. The summed E-state index contributed by atoms with van der Waals surface area (Å²) in [5.41, 5.74) is 5.80. The fourth-order valence-corrected chi connectivity index (χ4v) is 3.06. The molecule has 0 saturated carbocycles. The molecule has 2 aliphatic rings. The van der Waals surface area contributed by atoms with E-state index in [0.29, 0.717) is 19.8 Å². The molecule has 92 valence electrons. The minimum absolute atomic E-state index is 0.0454. The Labute approximate surface area is 104 Å². The highest BCUT2D eigenvalue weighted by molar-refractivity contribution is 8.00. The molecule has 4 nitrogen and oxygen atoms in total. The van der Waals surface area contributed by atoms with Crippen molar-refractivity contribution in [1.29, 1.82) is 0 Å². The van der Waals surface area contributed by atoms with Crippen LogP contribution in [0.1, 0.15) is 0 Å². The highest BCUT2D eigenvalue weighted by atomic mass is 32.2. The van der Waals surface area contributed by atoms with Crippen molar-refractivity contribution in [2.75, 3.05) is 33.0 Å². The Bertz CT molecular complexity index is 415. The van der Waals surface area contributed by atoms with Crippen molar-refractivity contribution in [2.24, 2.45) is 5.73 Å². The van der Waals surface area contributed by atoms with Gasteiger partial charge in [-0.15, -0.1) is 11.8 Å². The first kappa shape index (κ1) is 11.2. The van der Waals surface area contributed by atoms with E-state index in [4.69, 9.17) is 19.9 Å². The molecule has 0 unspecified atom stereocenters. The van der Waals surface area contributed by atoms with Gasteiger partial charge in [-0.2, -0.15) is 0 Å². The monoisotopic (exact) mass is 253 g/mol. The first-order valence-electron chi connectivity index (χ1n) is 5.68. The van der Waals surface area contributed by atoms with E-state index in [1.54, 1.807) is 11.8 Å². The minimum Gasteiger partial charge on any atom is -0.486 e. The van der Waals surface area contributed by atoms with Gasteiger partial charge in [0.25, 0.3) is 0 Å². The number of fused-ring (bicyclic) bond motifs is 1. The lowest BCUT2D eigenvalue weighted by Crippen LogP contribution is -2.52. The van der Waals surface area contributed by atoms with Crippen molar-refractivity contribution >= 4 is 11.8 Å². The van der Waals surface area contributed by atoms with Crippen molar-refractivity contribution in [2.45, 2.75) is 9.64 Å². The molecular weight excluding hydrogens is 238 g/mol. The van der Waals surface area contributed by atoms with Crippen LogP contribution in [0.25, 0.3) is 0 Å². The lowest BCUT2D eigenvalue weighted by atomic mass is 10.1. The second-order valence-corrected chi connectivity index (χ2v) is 5.83. The predicted molar refractivity (Wildman–Crippen MR) is 65.9 cm³/mol. The number of ether oxygens (including phenoxy) is 3. The second kappa shape index (κ2) is 4.40. The van der Waals surface area contributed by atoms with E-state index >= 15 is 0 Å². The molecule has 2 N–H and O–H groups in total. The van der Waals surface area contributed by atoms with Gasteiger partial charge in [0.15, 0.2) is 11.5 Å². The van der Waals surface area contributed by atoms with Crippen molar-refractivity contribution < 1.29 is 14.2 Å².